The first kappa shape index (κ1) is 30.8. The Balaban J connectivity index is 0.000000238. The van der Waals surface area contributed by atoms with E-state index in [9.17, 15) is 0 Å². The van der Waals surface area contributed by atoms with Gasteiger partial charge >= 0.3 is 0 Å². The van der Waals surface area contributed by atoms with Crippen molar-refractivity contribution < 1.29 is 24.5 Å². The van der Waals surface area contributed by atoms with Gasteiger partial charge in [-0.3, -0.25) is 0 Å². The maximum atomic E-state index is 6.55. The van der Waals surface area contributed by atoms with Crippen LogP contribution in [0.25, 0.3) is 54.5 Å². The molecule has 3 aromatic carbocycles. The molecule has 4 aromatic heterocycles. The molecular formula is C38H34IrN2OS-2. The largest absolute Gasteiger partial charge is 0.500 e. The fourth-order valence-corrected chi connectivity index (χ4v) is 6.44. The normalized spacial score (nSPS) is 11.4. The molecular weight excluding hydrogens is 725 g/mol. The second-order valence-electron chi connectivity index (χ2n) is 12.0. The van der Waals surface area contributed by atoms with Crippen LogP contribution >= 0.6 is 11.3 Å². The minimum Gasteiger partial charge on any atom is -0.500 e. The van der Waals surface area contributed by atoms with Crippen molar-refractivity contribution in [3.63, 3.8) is 0 Å². The molecule has 0 spiro atoms. The quantitative estimate of drug-likeness (QED) is 0.169. The number of thiophene rings is 1. The third kappa shape index (κ3) is 6.35. The fraction of sp³-hybridized carbons (Fsp3) is 0.211. The van der Waals surface area contributed by atoms with Gasteiger partial charge in [0.05, 0.1) is 5.58 Å². The van der Waals surface area contributed by atoms with Crippen molar-refractivity contribution in [2.75, 3.05) is 0 Å². The predicted molar refractivity (Wildman–Crippen MR) is 177 cm³/mol. The molecule has 0 saturated heterocycles. The molecule has 219 valence electrons. The molecule has 1 radical (unpaired) electrons. The molecule has 0 N–H and O–H groups in total. The van der Waals surface area contributed by atoms with Crippen LogP contribution in [0.1, 0.15) is 42.3 Å². The van der Waals surface area contributed by atoms with E-state index in [1.54, 1.807) is 6.20 Å². The van der Waals surface area contributed by atoms with Crippen LogP contribution < -0.4 is 0 Å². The number of rotatable bonds is 3. The summed E-state index contributed by atoms with van der Waals surface area (Å²) in [4.78, 5) is 10.3. The molecule has 0 fully saturated rings. The van der Waals surface area contributed by atoms with Crippen LogP contribution in [-0.4, -0.2) is 9.97 Å². The smallest absolute Gasteiger partial charge is 0.129 e. The number of hydrogen-bond acceptors (Lipinski definition) is 4. The van der Waals surface area contributed by atoms with Gasteiger partial charge in [-0.25, -0.2) is 0 Å². The Bertz CT molecular complexity index is 1980. The second-order valence-corrected chi connectivity index (χ2v) is 13.3. The molecule has 7 aromatic rings. The molecule has 3 nitrogen and oxygen atoms in total. The van der Waals surface area contributed by atoms with Gasteiger partial charge in [0.2, 0.25) is 0 Å². The number of aromatic nitrogens is 2. The van der Waals surface area contributed by atoms with Gasteiger partial charge in [0, 0.05) is 52.8 Å². The van der Waals surface area contributed by atoms with Gasteiger partial charge < -0.3 is 14.4 Å². The Morgan fingerprint density at radius 1 is 0.814 bits per heavy atom. The summed E-state index contributed by atoms with van der Waals surface area (Å²) in [5.74, 6) is 0. The molecule has 5 heteroatoms. The van der Waals surface area contributed by atoms with Crippen molar-refractivity contribution in [2.24, 2.45) is 5.41 Å². The predicted octanol–water partition coefficient (Wildman–Crippen LogP) is 10.7. The van der Waals surface area contributed by atoms with Gasteiger partial charge in [-0.1, -0.05) is 61.5 Å². The van der Waals surface area contributed by atoms with E-state index in [1.807, 2.05) is 66.1 Å². The molecule has 0 aliphatic carbocycles. The zero-order chi connectivity index (χ0) is 29.4. The molecule has 0 amide bonds. The summed E-state index contributed by atoms with van der Waals surface area (Å²) in [7, 11) is 0. The van der Waals surface area contributed by atoms with Gasteiger partial charge in [0.25, 0.3) is 0 Å². The Morgan fingerprint density at radius 3 is 2.33 bits per heavy atom. The SMILES string of the molecule is Cc1cnc(-c2[c-]ccc3c2oc2c3ccc3sc(C)c(C)c32)cc1CC(C)(C)C.[Ir].[c-]1ccccc1-c1ccccn1. The Hall–Kier alpha value is -3.63. The monoisotopic (exact) mass is 759 g/mol. The minimum atomic E-state index is 0. The van der Waals surface area contributed by atoms with Crippen molar-refractivity contribution in [3.8, 4) is 22.5 Å². The van der Waals surface area contributed by atoms with E-state index in [0.29, 0.717) is 0 Å². The summed E-state index contributed by atoms with van der Waals surface area (Å²) in [6.45, 7) is 13.3. The maximum Gasteiger partial charge on any atom is 0.129 e. The van der Waals surface area contributed by atoms with E-state index >= 15 is 0 Å². The summed E-state index contributed by atoms with van der Waals surface area (Å²) in [6.07, 6.45) is 4.78. The Kier molecular flexibility index (Phi) is 8.99. The standard InChI is InChI=1S/C27H26NOS.C11H8N.Ir/c1-15-14-28-22(12-18(15)13-27(4,5)6)21-9-7-8-19-20-10-11-23-24(16(2)17(3)30-23)26(20)29-25(19)21;1-2-6-10(7-3-1)11-8-4-5-9-12-11;/h7-8,10-12,14H,13H2,1-6H3;1-6,8-9H;/q2*-1;. The van der Waals surface area contributed by atoms with Gasteiger partial charge in [-0.15, -0.1) is 65.4 Å². The van der Waals surface area contributed by atoms with E-state index in [4.69, 9.17) is 9.40 Å². The first-order chi connectivity index (χ1) is 20.2. The molecule has 0 atom stereocenters. The number of benzene rings is 3. The van der Waals surface area contributed by atoms with Gasteiger partial charge in [-0.05, 0) is 67.3 Å². The van der Waals surface area contributed by atoms with Crippen LogP contribution in [0.15, 0.2) is 89.6 Å². The molecule has 0 saturated carbocycles. The van der Waals surface area contributed by atoms with Crippen LogP contribution in [0.3, 0.4) is 0 Å². The average molecular weight is 759 g/mol. The molecule has 43 heavy (non-hydrogen) atoms. The summed E-state index contributed by atoms with van der Waals surface area (Å²) in [5.41, 5.74) is 9.84. The molecule has 0 bridgehead atoms. The van der Waals surface area contributed by atoms with Crippen molar-refractivity contribution in [1.29, 1.82) is 0 Å². The summed E-state index contributed by atoms with van der Waals surface area (Å²) < 4.78 is 7.83. The molecule has 4 heterocycles. The van der Waals surface area contributed by atoms with E-state index in [1.165, 1.54) is 31.7 Å². The van der Waals surface area contributed by atoms with Gasteiger partial charge in [-0.2, -0.15) is 0 Å². The first-order valence-electron chi connectivity index (χ1n) is 14.3. The van der Waals surface area contributed by atoms with Crippen molar-refractivity contribution in [2.45, 2.75) is 48.0 Å². The van der Waals surface area contributed by atoms with Crippen molar-refractivity contribution in [1.82, 2.24) is 9.97 Å². The van der Waals surface area contributed by atoms with Crippen LogP contribution in [0.2, 0.25) is 0 Å². The van der Waals surface area contributed by atoms with E-state index < -0.39 is 0 Å². The first-order valence-corrected chi connectivity index (χ1v) is 15.1. The van der Waals surface area contributed by atoms with E-state index in [0.717, 1.165) is 50.9 Å². The number of fused-ring (bicyclic) bond motifs is 5. The third-order valence-electron chi connectivity index (χ3n) is 7.57. The summed E-state index contributed by atoms with van der Waals surface area (Å²) in [5, 5.41) is 3.53. The topological polar surface area (TPSA) is 38.9 Å². The second kappa shape index (κ2) is 12.5. The van der Waals surface area contributed by atoms with Crippen molar-refractivity contribution in [3.05, 3.63) is 119 Å². The zero-order valence-corrected chi connectivity index (χ0v) is 28.5. The number of nitrogens with zero attached hydrogens (tertiary/aromatic N) is 2. The zero-order valence-electron chi connectivity index (χ0n) is 25.3. The van der Waals surface area contributed by atoms with Crippen LogP contribution in [0, 0.1) is 38.3 Å². The summed E-state index contributed by atoms with van der Waals surface area (Å²) in [6, 6.07) is 31.0. The van der Waals surface area contributed by atoms with Gasteiger partial charge in [0.15, 0.2) is 0 Å². The molecule has 0 unspecified atom stereocenters. The van der Waals surface area contributed by atoms with E-state index in [2.05, 4.69) is 82.9 Å². The van der Waals surface area contributed by atoms with Crippen molar-refractivity contribution >= 4 is 43.4 Å². The fourth-order valence-electron chi connectivity index (χ4n) is 5.37. The molecule has 0 aliphatic rings. The van der Waals surface area contributed by atoms with E-state index in [-0.39, 0.29) is 25.5 Å². The maximum absolute atomic E-state index is 6.55. The number of aryl methyl sites for hydroxylation is 3. The minimum absolute atomic E-state index is 0. The number of hydrogen-bond donors (Lipinski definition) is 0. The average Bonchev–Trinajstić information content (AvgIpc) is 3.51. The van der Waals surface area contributed by atoms with Gasteiger partial charge in [0.1, 0.15) is 5.58 Å². The van der Waals surface area contributed by atoms with Crippen LogP contribution in [0.4, 0.5) is 0 Å². The Morgan fingerprint density at radius 2 is 1.60 bits per heavy atom. The summed E-state index contributed by atoms with van der Waals surface area (Å²) >= 11 is 1.83. The van der Waals surface area contributed by atoms with Crippen LogP contribution in [-0.2, 0) is 26.5 Å². The van der Waals surface area contributed by atoms with Crippen LogP contribution in [0.5, 0.6) is 0 Å². The molecule has 7 rings (SSSR count). The number of pyridine rings is 2. The Labute approximate surface area is 271 Å². The number of furan rings is 1. The third-order valence-corrected chi connectivity index (χ3v) is 8.74. The molecule has 0 aliphatic heterocycles.